The zero-order chi connectivity index (χ0) is 27.2. The third-order valence-electron chi connectivity index (χ3n) is 7.26. The van der Waals surface area contributed by atoms with Crippen LogP contribution in [-0.4, -0.2) is 72.6 Å². The Morgan fingerprint density at radius 3 is 2.42 bits per heavy atom. The van der Waals surface area contributed by atoms with Crippen molar-refractivity contribution in [1.82, 2.24) is 9.80 Å². The number of ether oxygens (including phenoxy) is 2. The summed E-state index contributed by atoms with van der Waals surface area (Å²) in [5, 5.41) is 11.5. The van der Waals surface area contributed by atoms with Crippen molar-refractivity contribution in [2.75, 3.05) is 46.0 Å². The third kappa shape index (κ3) is 6.27. The number of morpholine rings is 1. The number of hydrogen-bond acceptors (Lipinski definition) is 6. The van der Waals surface area contributed by atoms with Crippen molar-refractivity contribution in [3.63, 3.8) is 0 Å². The van der Waals surface area contributed by atoms with E-state index in [-0.39, 0.29) is 11.3 Å². The number of carbonyl (C=O) groups is 2. The van der Waals surface area contributed by atoms with Gasteiger partial charge in [-0.3, -0.25) is 14.5 Å². The molecule has 2 aromatic carbocycles. The number of aliphatic hydroxyl groups excluding tert-OH is 1. The first-order valence-corrected chi connectivity index (χ1v) is 13.7. The molecule has 0 bridgehead atoms. The lowest BCUT2D eigenvalue weighted by Gasteiger charge is -2.29. The number of likely N-dealkylation sites (tertiary alicyclic amines) is 1. The normalized spacial score (nSPS) is 19.9. The summed E-state index contributed by atoms with van der Waals surface area (Å²) >= 11 is 0. The fourth-order valence-corrected chi connectivity index (χ4v) is 5.08. The van der Waals surface area contributed by atoms with Gasteiger partial charge >= 0.3 is 0 Å². The highest BCUT2D eigenvalue weighted by atomic mass is 16.5. The van der Waals surface area contributed by atoms with Gasteiger partial charge in [0.1, 0.15) is 11.5 Å². The van der Waals surface area contributed by atoms with E-state index < -0.39 is 17.7 Å². The number of Topliss-reactive ketones (excluding diaryl/α,β-unsaturated/α-hetero) is 1. The molecule has 1 atom stereocenters. The van der Waals surface area contributed by atoms with Crippen molar-refractivity contribution in [1.29, 1.82) is 0 Å². The van der Waals surface area contributed by atoms with Crippen LogP contribution in [0.25, 0.3) is 5.76 Å². The quantitative estimate of drug-likeness (QED) is 0.277. The second-order valence-electron chi connectivity index (χ2n) is 10.6. The molecule has 4 rings (SSSR count). The summed E-state index contributed by atoms with van der Waals surface area (Å²) in [5.74, 6) is -0.244. The van der Waals surface area contributed by atoms with Crippen LogP contribution in [0.5, 0.6) is 5.75 Å². The summed E-state index contributed by atoms with van der Waals surface area (Å²) in [5.41, 5.74) is 3.45. The summed E-state index contributed by atoms with van der Waals surface area (Å²) in [6.45, 7) is 13.2. The number of benzene rings is 2. The molecule has 2 saturated heterocycles. The van der Waals surface area contributed by atoms with Crippen molar-refractivity contribution in [3.8, 4) is 5.75 Å². The lowest BCUT2D eigenvalue weighted by Crippen LogP contribution is -2.38. The number of carbonyl (C=O) groups excluding carboxylic acids is 2. The Morgan fingerprint density at radius 1 is 1.08 bits per heavy atom. The maximum absolute atomic E-state index is 13.4. The molecular weight excluding hydrogens is 480 g/mol. The van der Waals surface area contributed by atoms with Gasteiger partial charge in [0, 0.05) is 31.7 Å². The molecule has 2 aliphatic heterocycles. The van der Waals surface area contributed by atoms with E-state index in [1.807, 2.05) is 37.3 Å². The van der Waals surface area contributed by atoms with Crippen molar-refractivity contribution < 1.29 is 24.2 Å². The third-order valence-corrected chi connectivity index (χ3v) is 7.26. The predicted octanol–water partition coefficient (Wildman–Crippen LogP) is 4.74. The average Bonchev–Trinajstić information content (AvgIpc) is 3.17. The number of aliphatic hydroxyl groups is 1. The van der Waals surface area contributed by atoms with Crippen molar-refractivity contribution in [2.24, 2.45) is 5.92 Å². The number of ketones is 1. The van der Waals surface area contributed by atoms with Crippen LogP contribution in [0.4, 0.5) is 0 Å². The molecule has 0 radical (unpaired) electrons. The molecule has 204 valence electrons. The summed E-state index contributed by atoms with van der Waals surface area (Å²) in [6, 6.07) is 12.8. The van der Waals surface area contributed by atoms with Crippen LogP contribution in [0.15, 0.2) is 48.0 Å². The molecule has 2 aliphatic rings. The molecule has 1 N–H and O–H groups in total. The summed E-state index contributed by atoms with van der Waals surface area (Å²) in [6.07, 6.45) is 1.63. The van der Waals surface area contributed by atoms with Gasteiger partial charge in [0.05, 0.1) is 31.4 Å². The second kappa shape index (κ2) is 12.6. The highest BCUT2D eigenvalue weighted by Crippen LogP contribution is 2.40. The monoisotopic (exact) mass is 520 g/mol. The van der Waals surface area contributed by atoms with Gasteiger partial charge in [-0.25, -0.2) is 0 Å². The van der Waals surface area contributed by atoms with Gasteiger partial charge in [-0.05, 0) is 60.6 Å². The number of hydrogen-bond donors (Lipinski definition) is 1. The minimum absolute atomic E-state index is 0.142. The SMILES string of the molecule is CCc1ccc([C@@H]2C(=C(O)c3ccc(OCC(C)C)cc3C)C(=O)C(=O)N2CCCN2CCOCC2)cc1. The van der Waals surface area contributed by atoms with Crippen LogP contribution in [0, 0.1) is 12.8 Å². The van der Waals surface area contributed by atoms with Crippen molar-refractivity contribution >= 4 is 17.4 Å². The van der Waals surface area contributed by atoms with Gasteiger partial charge < -0.3 is 19.5 Å². The molecule has 0 aliphatic carbocycles. The maximum Gasteiger partial charge on any atom is 0.295 e. The van der Waals surface area contributed by atoms with E-state index >= 15 is 0 Å². The predicted molar refractivity (Wildman–Crippen MR) is 148 cm³/mol. The zero-order valence-electron chi connectivity index (χ0n) is 23.0. The Labute approximate surface area is 226 Å². The van der Waals surface area contributed by atoms with E-state index in [2.05, 4.69) is 25.7 Å². The van der Waals surface area contributed by atoms with Gasteiger partial charge in [0.2, 0.25) is 0 Å². The minimum Gasteiger partial charge on any atom is -0.507 e. The lowest BCUT2D eigenvalue weighted by atomic mass is 9.93. The van der Waals surface area contributed by atoms with Crippen molar-refractivity contribution in [3.05, 3.63) is 70.3 Å². The summed E-state index contributed by atoms with van der Waals surface area (Å²) < 4.78 is 11.3. The van der Waals surface area contributed by atoms with Crippen LogP contribution in [0.1, 0.15) is 55.5 Å². The highest BCUT2D eigenvalue weighted by molar-refractivity contribution is 6.46. The lowest BCUT2D eigenvalue weighted by molar-refractivity contribution is -0.140. The van der Waals surface area contributed by atoms with Crippen LogP contribution < -0.4 is 4.74 Å². The van der Waals surface area contributed by atoms with Gasteiger partial charge in [-0.2, -0.15) is 0 Å². The molecule has 0 aromatic heterocycles. The topological polar surface area (TPSA) is 79.3 Å². The minimum atomic E-state index is -0.641. The molecule has 0 spiro atoms. The number of nitrogens with zero attached hydrogens (tertiary/aromatic N) is 2. The van der Waals surface area contributed by atoms with Gasteiger partial charge in [-0.15, -0.1) is 0 Å². The number of aryl methyl sites for hydroxylation is 2. The van der Waals surface area contributed by atoms with E-state index in [0.29, 0.717) is 30.4 Å². The Morgan fingerprint density at radius 2 is 1.79 bits per heavy atom. The van der Waals surface area contributed by atoms with Gasteiger partial charge in [0.15, 0.2) is 0 Å². The van der Waals surface area contributed by atoms with Crippen LogP contribution >= 0.6 is 0 Å². The molecule has 38 heavy (non-hydrogen) atoms. The molecule has 2 heterocycles. The van der Waals surface area contributed by atoms with Crippen LogP contribution in [0.2, 0.25) is 0 Å². The fourth-order valence-electron chi connectivity index (χ4n) is 5.08. The second-order valence-corrected chi connectivity index (χ2v) is 10.6. The largest absolute Gasteiger partial charge is 0.507 e. The first-order chi connectivity index (χ1) is 18.3. The smallest absolute Gasteiger partial charge is 0.295 e. The van der Waals surface area contributed by atoms with E-state index in [1.54, 1.807) is 17.0 Å². The first kappa shape index (κ1) is 27.9. The van der Waals surface area contributed by atoms with E-state index in [4.69, 9.17) is 9.47 Å². The molecular formula is C31H40N2O5. The molecule has 0 unspecified atom stereocenters. The highest BCUT2D eigenvalue weighted by Gasteiger charge is 2.46. The van der Waals surface area contributed by atoms with Gasteiger partial charge in [-0.1, -0.05) is 45.0 Å². The average molecular weight is 521 g/mol. The number of amides is 1. The molecule has 0 saturated carbocycles. The molecule has 1 amide bonds. The fraction of sp³-hybridized carbons (Fsp3) is 0.484. The van der Waals surface area contributed by atoms with E-state index in [0.717, 1.165) is 56.8 Å². The zero-order valence-corrected chi connectivity index (χ0v) is 23.0. The number of rotatable bonds is 10. The molecule has 7 heteroatoms. The standard InChI is InChI=1S/C31H40N2O5/c1-5-23-7-9-24(10-8-23)28-27(29(34)26-12-11-25(19-22(26)4)38-20-21(2)3)30(35)31(36)33(28)14-6-13-32-15-17-37-18-16-32/h7-12,19,21,28,34H,5-6,13-18,20H2,1-4H3/t28-/m1/s1. The van der Waals surface area contributed by atoms with Crippen LogP contribution in [-0.2, 0) is 20.7 Å². The van der Waals surface area contributed by atoms with E-state index in [9.17, 15) is 14.7 Å². The van der Waals surface area contributed by atoms with Crippen LogP contribution in [0.3, 0.4) is 0 Å². The molecule has 7 nitrogen and oxygen atoms in total. The van der Waals surface area contributed by atoms with E-state index in [1.165, 1.54) is 5.56 Å². The Bertz CT molecular complexity index is 1170. The Balaban J connectivity index is 1.66. The van der Waals surface area contributed by atoms with Crippen molar-refractivity contribution in [2.45, 2.75) is 46.6 Å². The van der Waals surface area contributed by atoms with Gasteiger partial charge in [0.25, 0.3) is 11.7 Å². The molecule has 2 fully saturated rings. The first-order valence-electron chi connectivity index (χ1n) is 13.7. The molecule has 2 aromatic rings. The Kier molecular flexibility index (Phi) is 9.23. The summed E-state index contributed by atoms with van der Waals surface area (Å²) in [7, 11) is 0. The summed E-state index contributed by atoms with van der Waals surface area (Å²) in [4.78, 5) is 30.6. The maximum atomic E-state index is 13.4. The Hall–Kier alpha value is -3.16.